The SMILES string of the molecule is C#CCCCNS(=O)(=O)c1cc(F)ccc1C. The summed E-state index contributed by atoms with van der Waals surface area (Å²) in [5.41, 5.74) is 0.510. The van der Waals surface area contributed by atoms with Crippen LogP contribution in [-0.2, 0) is 10.0 Å². The van der Waals surface area contributed by atoms with E-state index in [0.717, 1.165) is 6.07 Å². The van der Waals surface area contributed by atoms with Crippen LogP contribution in [-0.4, -0.2) is 15.0 Å². The molecule has 5 heteroatoms. The zero-order valence-corrected chi connectivity index (χ0v) is 10.3. The summed E-state index contributed by atoms with van der Waals surface area (Å²) in [5.74, 6) is 1.85. The summed E-state index contributed by atoms with van der Waals surface area (Å²) in [6, 6.07) is 3.68. The van der Waals surface area contributed by atoms with E-state index in [2.05, 4.69) is 10.6 Å². The second-order valence-corrected chi connectivity index (χ2v) is 5.35. The Morgan fingerprint density at radius 2 is 2.18 bits per heavy atom. The first-order valence-corrected chi connectivity index (χ1v) is 6.65. The Hall–Kier alpha value is -1.38. The lowest BCUT2D eigenvalue weighted by molar-refractivity contribution is 0.575. The molecule has 3 nitrogen and oxygen atoms in total. The third kappa shape index (κ3) is 3.84. The Kier molecular flexibility index (Phi) is 4.67. The van der Waals surface area contributed by atoms with Gasteiger partial charge in [-0.1, -0.05) is 6.07 Å². The molecule has 0 saturated heterocycles. The van der Waals surface area contributed by atoms with Gasteiger partial charge in [-0.25, -0.2) is 17.5 Å². The van der Waals surface area contributed by atoms with Crippen LogP contribution in [0.15, 0.2) is 23.1 Å². The molecule has 1 N–H and O–H groups in total. The highest BCUT2D eigenvalue weighted by atomic mass is 32.2. The maximum absolute atomic E-state index is 13.0. The van der Waals surface area contributed by atoms with Crippen LogP contribution >= 0.6 is 0 Å². The molecule has 0 amide bonds. The zero-order chi connectivity index (χ0) is 12.9. The van der Waals surface area contributed by atoms with Crippen LogP contribution in [0.1, 0.15) is 18.4 Å². The third-order valence-corrected chi connectivity index (χ3v) is 3.83. The van der Waals surface area contributed by atoms with E-state index in [1.807, 2.05) is 0 Å². The molecule has 92 valence electrons. The van der Waals surface area contributed by atoms with E-state index in [1.54, 1.807) is 6.92 Å². The molecule has 0 aliphatic carbocycles. The average Bonchev–Trinajstić information content (AvgIpc) is 2.28. The van der Waals surface area contributed by atoms with Gasteiger partial charge in [0, 0.05) is 13.0 Å². The van der Waals surface area contributed by atoms with Crippen LogP contribution in [0.3, 0.4) is 0 Å². The van der Waals surface area contributed by atoms with E-state index in [4.69, 9.17) is 6.42 Å². The summed E-state index contributed by atoms with van der Waals surface area (Å²) in [4.78, 5) is -0.0294. The van der Waals surface area contributed by atoms with Crippen molar-refractivity contribution >= 4 is 10.0 Å². The van der Waals surface area contributed by atoms with Crippen molar-refractivity contribution in [1.82, 2.24) is 4.72 Å². The highest BCUT2D eigenvalue weighted by Crippen LogP contribution is 2.16. The molecular weight excluding hydrogens is 241 g/mol. The van der Waals surface area contributed by atoms with Gasteiger partial charge in [0.1, 0.15) is 5.82 Å². The van der Waals surface area contributed by atoms with E-state index in [9.17, 15) is 12.8 Å². The predicted molar refractivity (Wildman–Crippen MR) is 64.4 cm³/mol. The normalized spacial score (nSPS) is 11.1. The van der Waals surface area contributed by atoms with Gasteiger partial charge in [0.15, 0.2) is 0 Å². The Morgan fingerprint density at radius 3 is 2.82 bits per heavy atom. The van der Waals surface area contributed by atoms with Crippen molar-refractivity contribution in [2.75, 3.05) is 6.54 Å². The smallest absolute Gasteiger partial charge is 0.211 e. The predicted octanol–water partition coefficient (Wildman–Crippen LogP) is 1.83. The number of hydrogen-bond donors (Lipinski definition) is 1. The largest absolute Gasteiger partial charge is 0.240 e. The fourth-order valence-corrected chi connectivity index (χ4v) is 2.67. The Balaban J connectivity index is 2.83. The molecule has 1 aromatic rings. The van der Waals surface area contributed by atoms with Gasteiger partial charge >= 0.3 is 0 Å². The number of nitrogens with one attached hydrogen (secondary N) is 1. The van der Waals surface area contributed by atoms with E-state index < -0.39 is 15.8 Å². The molecule has 0 saturated carbocycles. The molecule has 0 bridgehead atoms. The van der Waals surface area contributed by atoms with Crippen molar-refractivity contribution < 1.29 is 12.8 Å². The fraction of sp³-hybridized carbons (Fsp3) is 0.333. The first-order valence-electron chi connectivity index (χ1n) is 5.16. The number of sulfonamides is 1. The lowest BCUT2D eigenvalue weighted by Gasteiger charge is -2.08. The highest BCUT2D eigenvalue weighted by Gasteiger charge is 2.16. The summed E-state index contributed by atoms with van der Waals surface area (Å²) in [7, 11) is -3.65. The standard InChI is InChI=1S/C12H14FNO2S/c1-3-4-5-8-14-17(15,16)12-9-11(13)7-6-10(12)2/h1,6-7,9,14H,4-5,8H2,2H3. The summed E-state index contributed by atoms with van der Waals surface area (Å²) in [6.45, 7) is 1.87. The zero-order valence-electron chi connectivity index (χ0n) is 9.53. The summed E-state index contributed by atoms with van der Waals surface area (Å²) in [6.07, 6.45) is 6.12. The fourth-order valence-electron chi connectivity index (χ4n) is 1.34. The number of terminal acetylenes is 1. The minimum atomic E-state index is -3.65. The van der Waals surface area contributed by atoms with Crippen LogP contribution in [0.4, 0.5) is 4.39 Å². The van der Waals surface area contributed by atoms with Crippen LogP contribution in [0.5, 0.6) is 0 Å². The van der Waals surface area contributed by atoms with Gasteiger partial charge in [0.2, 0.25) is 10.0 Å². The van der Waals surface area contributed by atoms with Gasteiger partial charge in [-0.3, -0.25) is 0 Å². The first kappa shape index (κ1) is 13.7. The molecule has 0 radical (unpaired) electrons. The Labute approximate surface area is 101 Å². The minimum Gasteiger partial charge on any atom is -0.211 e. The van der Waals surface area contributed by atoms with Gasteiger partial charge in [-0.2, -0.15) is 0 Å². The van der Waals surface area contributed by atoms with Crippen LogP contribution in [0.25, 0.3) is 0 Å². The molecule has 0 spiro atoms. The number of aryl methyl sites for hydroxylation is 1. The molecule has 1 aromatic carbocycles. The molecule has 0 unspecified atom stereocenters. The maximum atomic E-state index is 13.0. The van der Waals surface area contributed by atoms with Gasteiger partial charge in [0.05, 0.1) is 4.90 Å². The van der Waals surface area contributed by atoms with Gasteiger partial charge in [-0.15, -0.1) is 12.3 Å². The summed E-state index contributed by atoms with van der Waals surface area (Å²) in [5, 5.41) is 0. The molecular formula is C12H14FNO2S. The van der Waals surface area contributed by atoms with Gasteiger partial charge in [-0.05, 0) is 31.0 Å². The van der Waals surface area contributed by atoms with Gasteiger partial charge < -0.3 is 0 Å². The minimum absolute atomic E-state index is 0.0294. The first-order chi connectivity index (χ1) is 7.97. The number of hydrogen-bond acceptors (Lipinski definition) is 2. The van der Waals surface area contributed by atoms with Crippen molar-refractivity contribution in [3.05, 3.63) is 29.6 Å². The quantitative estimate of drug-likeness (QED) is 0.644. The summed E-state index contributed by atoms with van der Waals surface area (Å²) >= 11 is 0. The van der Waals surface area contributed by atoms with Crippen LogP contribution in [0.2, 0.25) is 0 Å². The lowest BCUT2D eigenvalue weighted by Crippen LogP contribution is -2.25. The number of unbranched alkanes of at least 4 members (excludes halogenated alkanes) is 1. The number of benzene rings is 1. The molecule has 0 aliphatic rings. The van der Waals surface area contributed by atoms with E-state index in [1.165, 1.54) is 12.1 Å². The molecule has 0 heterocycles. The highest BCUT2D eigenvalue weighted by molar-refractivity contribution is 7.89. The molecule has 17 heavy (non-hydrogen) atoms. The van der Waals surface area contributed by atoms with E-state index in [-0.39, 0.29) is 11.4 Å². The maximum Gasteiger partial charge on any atom is 0.240 e. The van der Waals surface area contributed by atoms with Crippen LogP contribution < -0.4 is 4.72 Å². The van der Waals surface area contributed by atoms with Gasteiger partial charge in [0.25, 0.3) is 0 Å². The monoisotopic (exact) mass is 255 g/mol. The van der Waals surface area contributed by atoms with Crippen molar-refractivity contribution in [2.24, 2.45) is 0 Å². The van der Waals surface area contributed by atoms with Crippen molar-refractivity contribution in [3.63, 3.8) is 0 Å². The van der Waals surface area contributed by atoms with Crippen molar-refractivity contribution in [2.45, 2.75) is 24.7 Å². The topological polar surface area (TPSA) is 46.2 Å². The lowest BCUT2D eigenvalue weighted by atomic mass is 10.2. The molecule has 0 aromatic heterocycles. The average molecular weight is 255 g/mol. The number of halogens is 1. The molecule has 0 aliphatic heterocycles. The molecule has 1 rings (SSSR count). The second-order valence-electron chi connectivity index (χ2n) is 3.62. The molecule has 0 atom stereocenters. The number of rotatable bonds is 5. The van der Waals surface area contributed by atoms with Crippen LogP contribution in [0, 0.1) is 25.1 Å². The third-order valence-electron chi connectivity index (χ3n) is 2.23. The van der Waals surface area contributed by atoms with Crippen molar-refractivity contribution in [3.8, 4) is 12.3 Å². The molecule has 0 fully saturated rings. The Morgan fingerprint density at radius 1 is 1.47 bits per heavy atom. The van der Waals surface area contributed by atoms with E-state index >= 15 is 0 Å². The second kappa shape index (κ2) is 5.80. The Bertz CT molecular complexity index is 532. The summed E-state index contributed by atoms with van der Waals surface area (Å²) < 4.78 is 39.1. The van der Waals surface area contributed by atoms with Crippen molar-refractivity contribution in [1.29, 1.82) is 0 Å². The van der Waals surface area contributed by atoms with E-state index in [0.29, 0.717) is 18.4 Å².